The highest BCUT2D eigenvalue weighted by Gasteiger charge is 2.14. The summed E-state index contributed by atoms with van der Waals surface area (Å²) in [6, 6.07) is 10.1. The fourth-order valence-electron chi connectivity index (χ4n) is 2.62. The molecular weight excluding hydrogens is 350 g/mol. The Morgan fingerprint density at radius 1 is 1.07 bits per heavy atom. The normalized spacial score (nSPS) is 12.7. The zero-order valence-electron chi connectivity index (χ0n) is 15.2. The first-order valence-electron chi connectivity index (χ1n) is 8.58. The molecule has 0 radical (unpaired) electrons. The van der Waals surface area contributed by atoms with E-state index in [0.29, 0.717) is 47.5 Å². The second-order valence-electron chi connectivity index (χ2n) is 5.97. The summed E-state index contributed by atoms with van der Waals surface area (Å²) < 4.78 is 21.8. The van der Waals surface area contributed by atoms with Gasteiger partial charge in [-0.15, -0.1) is 0 Å². The number of hydrogen-bond acceptors (Lipinski definition) is 6. The number of fused-ring (bicyclic) bond motifs is 1. The standard InChI is InChI=1S/C20H21NO6/c1-13(22)16-11-15(24-2)5-7-17(16)27-12-20(23)21-14-4-6-18-19(10-14)26-9-3-8-25-18/h4-7,10-11H,3,8-9,12H2,1-2H3,(H,21,23). The van der Waals surface area contributed by atoms with E-state index in [-0.39, 0.29) is 18.3 Å². The maximum atomic E-state index is 12.2. The maximum absolute atomic E-state index is 12.2. The molecule has 2 aromatic carbocycles. The lowest BCUT2D eigenvalue weighted by molar-refractivity contribution is -0.118. The number of rotatable bonds is 6. The first-order valence-corrected chi connectivity index (χ1v) is 8.58. The summed E-state index contributed by atoms with van der Waals surface area (Å²) in [6.45, 7) is 2.37. The zero-order chi connectivity index (χ0) is 19.2. The Kier molecular flexibility index (Phi) is 5.80. The van der Waals surface area contributed by atoms with Gasteiger partial charge < -0.3 is 24.3 Å². The zero-order valence-corrected chi connectivity index (χ0v) is 15.2. The van der Waals surface area contributed by atoms with Crippen molar-refractivity contribution in [2.45, 2.75) is 13.3 Å². The molecule has 0 saturated heterocycles. The van der Waals surface area contributed by atoms with E-state index in [1.54, 1.807) is 36.4 Å². The summed E-state index contributed by atoms with van der Waals surface area (Å²) in [4.78, 5) is 24.0. The van der Waals surface area contributed by atoms with Crippen LogP contribution in [0.1, 0.15) is 23.7 Å². The molecule has 0 aromatic heterocycles. The summed E-state index contributed by atoms with van der Waals surface area (Å²) in [7, 11) is 1.52. The first-order chi connectivity index (χ1) is 13.1. The Hall–Kier alpha value is -3.22. The van der Waals surface area contributed by atoms with Crippen LogP contribution in [-0.4, -0.2) is 38.6 Å². The highest BCUT2D eigenvalue weighted by molar-refractivity contribution is 5.97. The van der Waals surface area contributed by atoms with Crippen molar-refractivity contribution in [1.82, 2.24) is 0 Å². The molecule has 1 aliphatic rings. The number of amides is 1. The average molecular weight is 371 g/mol. The number of carbonyl (C=O) groups is 2. The van der Waals surface area contributed by atoms with E-state index in [1.165, 1.54) is 14.0 Å². The molecule has 142 valence electrons. The molecule has 3 rings (SSSR count). The summed E-state index contributed by atoms with van der Waals surface area (Å²) in [6.07, 6.45) is 0.810. The highest BCUT2D eigenvalue weighted by atomic mass is 16.5. The van der Waals surface area contributed by atoms with Crippen molar-refractivity contribution in [2.75, 3.05) is 32.2 Å². The van der Waals surface area contributed by atoms with Crippen LogP contribution < -0.4 is 24.3 Å². The molecule has 2 aromatic rings. The van der Waals surface area contributed by atoms with Gasteiger partial charge >= 0.3 is 0 Å². The number of carbonyl (C=O) groups excluding carboxylic acids is 2. The maximum Gasteiger partial charge on any atom is 0.262 e. The van der Waals surface area contributed by atoms with Crippen LogP contribution in [0.3, 0.4) is 0 Å². The monoisotopic (exact) mass is 371 g/mol. The lowest BCUT2D eigenvalue weighted by Gasteiger charge is -2.12. The van der Waals surface area contributed by atoms with E-state index in [9.17, 15) is 9.59 Å². The first kappa shape index (κ1) is 18.6. The number of Topliss-reactive ketones (excluding diaryl/α,β-unsaturated/α-hetero) is 1. The second-order valence-corrected chi connectivity index (χ2v) is 5.97. The Labute approximate surface area is 157 Å². The molecule has 0 fully saturated rings. The molecule has 0 aliphatic carbocycles. The van der Waals surface area contributed by atoms with Crippen molar-refractivity contribution >= 4 is 17.4 Å². The van der Waals surface area contributed by atoms with Crippen LogP contribution in [0.25, 0.3) is 0 Å². The van der Waals surface area contributed by atoms with Crippen LogP contribution >= 0.6 is 0 Å². The molecule has 7 nitrogen and oxygen atoms in total. The third-order valence-electron chi connectivity index (χ3n) is 3.96. The molecule has 27 heavy (non-hydrogen) atoms. The van der Waals surface area contributed by atoms with Crippen LogP contribution in [-0.2, 0) is 4.79 Å². The molecule has 1 heterocycles. The number of methoxy groups -OCH3 is 1. The van der Waals surface area contributed by atoms with Crippen LogP contribution in [0.5, 0.6) is 23.0 Å². The van der Waals surface area contributed by atoms with Gasteiger partial charge in [0.15, 0.2) is 23.9 Å². The molecule has 7 heteroatoms. The topological polar surface area (TPSA) is 83.1 Å². The van der Waals surface area contributed by atoms with Crippen LogP contribution in [0.2, 0.25) is 0 Å². The molecule has 1 amide bonds. The van der Waals surface area contributed by atoms with Gasteiger partial charge in [-0.2, -0.15) is 0 Å². The molecule has 1 aliphatic heterocycles. The van der Waals surface area contributed by atoms with Crippen LogP contribution in [0.4, 0.5) is 5.69 Å². The van der Waals surface area contributed by atoms with Gasteiger partial charge in [0.2, 0.25) is 0 Å². The van der Waals surface area contributed by atoms with Crippen molar-refractivity contribution in [3.8, 4) is 23.0 Å². The van der Waals surface area contributed by atoms with Crippen molar-refractivity contribution in [1.29, 1.82) is 0 Å². The summed E-state index contributed by atoms with van der Waals surface area (Å²) >= 11 is 0. The fourth-order valence-corrected chi connectivity index (χ4v) is 2.62. The van der Waals surface area contributed by atoms with E-state index in [0.717, 1.165) is 6.42 Å². The predicted octanol–water partition coefficient (Wildman–Crippen LogP) is 3.08. The smallest absolute Gasteiger partial charge is 0.262 e. The third kappa shape index (κ3) is 4.69. The minimum atomic E-state index is -0.352. The number of nitrogens with one attached hydrogen (secondary N) is 1. The summed E-state index contributed by atoms with van der Waals surface area (Å²) in [5.41, 5.74) is 0.937. The van der Waals surface area contributed by atoms with Crippen molar-refractivity contribution in [3.63, 3.8) is 0 Å². The van der Waals surface area contributed by atoms with E-state index in [1.807, 2.05) is 0 Å². The predicted molar refractivity (Wildman–Crippen MR) is 99.2 cm³/mol. The molecule has 1 N–H and O–H groups in total. The Morgan fingerprint density at radius 2 is 1.85 bits per heavy atom. The lowest BCUT2D eigenvalue weighted by Crippen LogP contribution is -2.20. The van der Waals surface area contributed by atoms with Gasteiger partial charge in [0, 0.05) is 18.2 Å². The van der Waals surface area contributed by atoms with Gasteiger partial charge in [-0.05, 0) is 37.3 Å². The quantitative estimate of drug-likeness (QED) is 0.786. The van der Waals surface area contributed by atoms with E-state index >= 15 is 0 Å². The molecule has 0 saturated carbocycles. The Bertz CT molecular complexity index is 848. The van der Waals surface area contributed by atoms with Crippen molar-refractivity contribution in [2.24, 2.45) is 0 Å². The van der Waals surface area contributed by atoms with E-state index < -0.39 is 0 Å². The largest absolute Gasteiger partial charge is 0.497 e. The average Bonchev–Trinajstić information content (AvgIpc) is 2.91. The lowest BCUT2D eigenvalue weighted by atomic mass is 10.1. The molecule has 0 atom stereocenters. The molecule has 0 unspecified atom stereocenters. The minimum absolute atomic E-state index is 0.174. The highest BCUT2D eigenvalue weighted by Crippen LogP contribution is 2.32. The SMILES string of the molecule is COc1ccc(OCC(=O)Nc2ccc3c(c2)OCCCO3)c(C(C)=O)c1. The number of ether oxygens (including phenoxy) is 4. The molecular formula is C20H21NO6. The van der Waals surface area contributed by atoms with Crippen LogP contribution in [0, 0.1) is 0 Å². The van der Waals surface area contributed by atoms with Gasteiger partial charge in [-0.1, -0.05) is 0 Å². The number of benzene rings is 2. The van der Waals surface area contributed by atoms with E-state index in [2.05, 4.69) is 5.32 Å². The van der Waals surface area contributed by atoms with Gasteiger partial charge in [0.25, 0.3) is 5.91 Å². The van der Waals surface area contributed by atoms with Crippen molar-refractivity contribution < 1.29 is 28.5 Å². The third-order valence-corrected chi connectivity index (χ3v) is 3.96. The number of anilines is 1. The van der Waals surface area contributed by atoms with Crippen molar-refractivity contribution in [3.05, 3.63) is 42.0 Å². The van der Waals surface area contributed by atoms with Gasteiger partial charge in [0.05, 0.1) is 25.9 Å². The van der Waals surface area contributed by atoms with Gasteiger partial charge in [-0.3, -0.25) is 9.59 Å². The minimum Gasteiger partial charge on any atom is -0.497 e. The van der Waals surface area contributed by atoms with Gasteiger partial charge in [0.1, 0.15) is 11.5 Å². The van der Waals surface area contributed by atoms with Crippen LogP contribution in [0.15, 0.2) is 36.4 Å². The van der Waals surface area contributed by atoms with Gasteiger partial charge in [-0.25, -0.2) is 0 Å². The summed E-state index contributed by atoms with van der Waals surface area (Å²) in [5, 5.41) is 2.74. The summed E-state index contributed by atoms with van der Waals surface area (Å²) in [5.74, 6) is 1.61. The number of hydrogen-bond donors (Lipinski definition) is 1. The molecule has 0 bridgehead atoms. The molecule has 0 spiro atoms. The number of ketones is 1. The Balaban J connectivity index is 1.63. The van der Waals surface area contributed by atoms with E-state index in [4.69, 9.17) is 18.9 Å². The fraction of sp³-hybridized carbons (Fsp3) is 0.300. The Morgan fingerprint density at radius 3 is 2.59 bits per heavy atom. The second kappa shape index (κ2) is 8.44.